The monoisotopic (exact) mass is 380 g/mol. The van der Waals surface area contributed by atoms with Gasteiger partial charge in [0.05, 0.1) is 17.7 Å². The van der Waals surface area contributed by atoms with Crippen LogP contribution in [0.1, 0.15) is 21.7 Å². The summed E-state index contributed by atoms with van der Waals surface area (Å²) in [5.41, 5.74) is 2.26. The van der Waals surface area contributed by atoms with E-state index in [1.165, 1.54) is 0 Å². The van der Waals surface area contributed by atoms with E-state index in [0.717, 1.165) is 54.6 Å². The second kappa shape index (κ2) is 9.22. The molecule has 1 aromatic carbocycles. The normalized spacial score (nSPS) is 14.9. The summed E-state index contributed by atoms with van der Waals surface area (Å²) < 4.78 is 5.46. The number of benzene rings is 1. The molecule has 4 nitrogen and oxygen atoms in total. The number of ether oxygens (including phenoxy) is 1. The highest BCUT2D eigenvalue weighted by molar-refractivity contribution is 7.12. The highest BCUT2D eigenvalue weighted by Crippen LogP contribution is 2.28. The molecule has 0 radical (unpaired) electrons. The maximum atomic E-state index is 12.3. The van der Waals surface area contributed by atoms with Crippen molar-refractivity contribution in [1.82, 2.24) is 4.90 Å². The lowest BCUT2D eigenvalue weighted by Gasteiger charge is -2.36. The molecule has 136 valence electrons. The zero-order valence-corrected chi connectivity index (χ0v) is 16.4. The molecule has 0 unspecified atom stereocenters. The van der Waals surface area contributed by atoms with Crippen LogP contribution in [-0.2, 0) is 0 Å². The second-order valence-corrected chi connectivity index (χ2v) is 7.02. The summed E-state index contributed by atoms with van der Waals surface area (Å²) in [5, 5.41) is 1.99. The van der Waals surface area contributed by atoms with E-state index < -0.39 is 0 Å². The van der Waals surface area contributed by atoms with Crippen molar-refractivity contribution in [2.24, 2.45) is 0 Å². The van der Waals surface area contributed by atoms with Crippen LogP contribution in [0, 0.1) is 6.92 Å². The van der Waals surface area contributed by atoms with Crippen molar-refractivity contribution >= 4 is 35.2 Å². The van der Waals surface area contributed by atoms with Gasteiger partial charge in [-0.05, 0) is 36.1 Å². The summed E-state index contributed by atoms with van der Waals surface area (Å²) >= 11 is 1.56. The molecular weight excluding hydrogens is 356 g/mol. The van der Waals surface area contributed by atoms with E-state index in [0.29, 0.717) is 6.42 Å². The molecule has 0 amide bonds. The van der Waals surface area contributed by atoms with Crippen LogP contribution in [-0.4, -0.2) is 50.5 Å². The van der Waals surface area contributed by atoms with E-state index in [9.17, 15) is 4.79 Å². The molecule has 0 aliphatic carbocycles. The van der Waals surface area contributed by atoms with Gasteiger partial charge in [0.2, 0.25) is 0 Å². The lowest BCUT2D eigenvalue weighted by atomic mass is 10.1. The Morgan fingerprint density at radius 1 is 1.16 bits per heavy atom. The number of para-hydroxylation sites is 2. The van der Waals surface area contributed by atoms with Crippen LogP contribution in [0.4, 0.5) is 5.69 Å². The first-order chi connectivity index (χ1) is 11.7. The second-order valence-electron chi connectivity index (χ2n) is 6.11. The summed E-state index contributed by atoms with van der Waals surface area (Å²) in [6.07, 6.45) is 0.607. The number of hydrogen-bond donors (Lipinski definition) is 0. The summed E-state index contributed by atoms with van der Waals surface area (Å²) in [6, 6.07) is 10.2. The zero-order valence-electron chi connectivity index (χ0n) is 14.7. The Labute approximate surface area is 159 Å². The van der Waals surface area contributed by atoms with Crippen molar-refractivity contribution in [2.45, 2.75) is 13.3 Å². The number of aryl methyl sites for hydroxylation is 1. The lowest BCUT2D eigenvalue weighted by Crippen LogP contribution is -2.47. The number of halogens is 1. The van der Waals surface area contributed by atoms with Crippen LogP contribution in [0.15, 0.2) is 35.7 Å². The number of piperazine rings is 1. The standard InChI is InChI=1S/C19H24N2O2S.ClH/c1-15-8-14-24-19(15)17(22)7-9-20-10-12-21(13-11-20)16-5-3-4-6-18(16)23-2;/h3-6,8,14H,7,9-13H2,1-2H3;1H. The largest absolute Gasteiger partial charge is 0.495 e. The smallest absolute Gasteiger partial charge is 0.174 e. The number of methoxy groups -OCH3 is 1. The molecule has 0 saturated carbocycles. The Hall–Kier alpha value is -1.56. The first kappa shape index (κ1) is 19.8. The van der Waals surface area contributed by atoms with Crippen molar-refractivity contribution < 1.29 is 9.53 Å². The molecule has 0 spiro atoms. The Morgan fingerprint density at radius 3 is 2.52 bits per heavy atom. The van der Waals surface area contributed by atoms with E-state index in [-0.39, 0.29) is 18.2 Å². The zero-order chi connectivity index (χ0) is 16.9. The van der Waals surface area contributed by atoms with Gasteiger partial charge in [-0.15, -0.1) is 23.7 Å². The third-order valence-electron chi connectivity index (χ3n) is 4.57. The summed E-state index contributed by atoms with van der Waals surface area (Å²) in [6.45, 7) is 6.74. The lowest BCUT2D eigenvalue weighted by molar-refractivity contribution is 0.0966. The predicted octanol–water partition coefficient (Wildman–Crippen LogP) is 3.88. The van der Waals surface area contributed by atoms with Gasteiger partial charge in [-0.1, -0.05) is 12.1 Å². The molecule has 2 aromatic rings. The molecule has 1 fully saturated rings. The van der Waals surface area contributed by atoms with Crippen LogP contribution in [0.5, 0.6) is 5.75 Å². The van der Waals surface area contributed by atoms with Gasteiger partial charge in [0.25, 0.3) is 0 Å². The third-order valence-corrected chi connectivity index (χ3v) is 5.63. The first-order valence-electron chi connectivity index (χ1n) is 8.36. The fourth-order valence-corrected chi connectivity index (χ4v) is 4.03. The van der Waals surface area contributed by atoms with Crippen molar-refractivity contribution in [2.75, 3.05) is 44.7 Å². The van der Waals surface area contributed by atoms with E-state index in [4.69, 9.17) is 4.74 Å². The summed E-state index contributed by atoms with van der Waals surface area (Å²) in [7, 11) is 1.72. The van der Waals surface area contributed by atoms with Gasteiger partial charge in [0, 0.05) is 39.1 Å². The Balaban J connectivity index is 0.00000225. The van der Waals surface area contributed by atoms with E-state index in [2.05, 4.69) is 15.9 Å². The fourth-order valence-electron chi connectivity index (χ4n) is 3.13. The van der Waals surface area contributed by atoms with Crippen LogP contribution < -0.4 is 9.64 Å². The highest BCUT2D eigenvalue weighted by atomic mass is 35.5. The van der Waals surface area contributed by atoms with E-state index in [1.807, 2.05) is 36.6 Å². The minimum Gasteiger partial charge on any atom is -0.495 e. The molecule has 0 atom stereocenters. The van der Waals surface area contributed by atoms with Gasteiger partial charge >= 0.3 is 0 Å². The molecule has 0 N–H and O–H groups in total. The number of carbonyl (C=O) groups is 1. The molecular formula is C19H25ClN2O2S. The SMILES string of the molecule is COc1ccccc1N1CCN(CCC(=O)c2sccc2C)CC1.Cl. The van der Waals surface area contributed by atoms with Crippen LogP contribution in [0.2, 0.25) is 0 Å². The molecule has 6 heteroatoms. The number of rotatable bonds is 6. The Morgan fingerprint density at radius 2 is 1.88 bits per heavy atom. The van der Waals surface area contributed by atoms with Crippen molar-refractivity contribution in [3.63, 3.8) is 0 Å². The summed E-state index contributed by atoms with van der Waals surface area (Å²) in [4.78, 5) is 18.0. The third kappa shape index (κ3) is 4.75. The van der Waals surface area contributed by atoms with E-state index in [1.54, 1.807) is 18.4 Å². The molecule has 1 saturated heterocycles. The number of hydrogen-bond acceptors (Lipinski definition) is 5. The minimum absolute atomic E-state index is 0. The van der Waals surface area contributed by atoms with Gasteiger partial charge in [-0.25, -0.2) is 0 Å². The molecule has 25 heavy (non-hydrogen) atoms. The molecule has 1 aliphatic heterocycles. The fraction of sp³-hybridized carbons (Fsp3) is 0.421. The maximum Gasteiger partial charge on any atom is 0.174 e. The predicted molar refractivity (Wildman–Crippen MR) is 107 cm³/mol. The molecule has 1 aromatic heterocycles. The van der Waals surface area contributed by atoms with Crippen molar-refractivity contribution in [3.05, 3.63) is 46.2 Å². The number of Topliss-reactive ketones (excluding diaryl/α,β-unsaturated/α-hetero) is 1. The molecule has 1 aliphatic rings. The quantitative estimate of drug-likeness (QED) is 0.712. The van der Waals surface area contributed by atoms with E-state index >= 15 is 0 Å². The van der Waals surface area contributed by atoms with Gasteiger partial charge in [0.1, 0.15) is 5.75 Å². The number of anilines is 1. The molecule has 0 bridgehead atoms. The summed E-state index contributed by atoms with van der Waals surface area (Å²) in [5.74, 6) is 1.20. The van der Waals surface area contributed by atoms with Crippen LogP contribution in [0.25, 0.3) is 0 Å². The van der Waals surface area contributed by atoms with Gasteiger partial charge in [0.15, 0.2) is 5.78 Å². The van der Waals surface area contributed by atoms with Gasteiger partial charge in [-0.3, -0.25) is 9.69 Å². The first-order valence-corrected chi connectivity index (χ1v) is 9.24. The van der Waals surface area contributed by atoms with Gasteiger partial charge in [-0.2, -0.15) is 0 Å². The van der Waals surface area contributed by atoms with Crippen LogP contribution in [0.3, 0.4) is 0 Å². The van der Waals surface area contributed by atoms with Crippen molar-refractivity contribution in [1.29, 1.82) is 0 Å². The topological polar surface area (TPSA) is 32.8 Å². The Bertz CT molecular complexity index is 696. The average Bonchev–Trinajstić information content (AvgIpc) is 3.06. The Kier molecular flexibility index (Phi) is 7.29. The number of thiophene rings is 1. The van der Waals surface area contributed by atoms with Crippen LogP contribution >= 0.6 is 23.7 Å². The average molecular weight is 381 g/mol. The van der Waals surface area contributed by atoms with Crippen molar-refractivity contribution in [3.8, 4) is 5.75 Å². The number of ketones is 1. The number of carbonyl (C=O) groups excluding carboxylic acids is 1. The number of nitrogens with zero attached hydrogens (tertiary/aromatic N) is 2. The highest BCUT2D eigenvalue weighted by Gasteiger charge is 2.20. The molecule has 2 heterocycles. The van der Waals surface area contributed by atoms with Gasteiger partial charge < -0.3 is 9.64 Å². The maximum absolute atomic E-state index is 12.3. The molecule has 3 rings (SSSR count). The minimum atomic E-state index is 0.